The van der Waals surface area contributed by atoms with E-state index in [0.717, 1.165) is 19.1 Å². The molecule has 3 nitrogen and oxygen atoms in total. The Morgan fingerprint density at radius 2 is 1.67 bits per heavy atom. The normalized spacial score (nSPS) is 19.6. The molecule has 0 bridgehead atoms. The van der Waals surface area contributed by atoms with E-state index in [2.05, 4.69) is 19.2 Å². The predicted molar refractivity (Wildman–Crippen MR) is 93.9 cm³/mol. The molecular weight excluding hydrogens is 258 g/mol. The molecule has 0 aromatic carbocycles. The van der Waals surface area contributed by atoms with Crippen LogP contribution in [0.4, 0.5) is 0 Å². The number of hydrogen-bond donors (Lipinski definition) is 2. The average molecular weight is 296 g/mol. The number of rotatable bonds is 11. The van der Waals surface area contributed by atoms with E-state index in [4.69, 9.17) is 10.7 Å². The summed E-state index contributed by atoms with van der Waals surface area (Å²) < 4.78 is 0. The summed E-state index contributed by atoms with van der Waals surface area (Å²) in [5.41, 5.74) is 6.95. The summed E-state index contributed by atoms with van der Waals surface area (Å²) in [5.74, 6) is 0.721. The molecule has 1 atom stereocenters. The highest BCUT2D eigenvalue weighted by molar-refractivity contribution is 5.84. The lowest BCUT2D eigenvalue weighted by molar-refractivity contribution is 0.394. The van der Waals surface area contributed by atoms with Gasteiger partial charge in [0.2, 0.25) is 0 Å². The van der Waals surface area contributed by atoms with Gasteiger partial charge in [-0.2, -0.15) is 0 Å². The molecule has 21 heavy (non-hydrogen) atoms. The highest BCUT2D eigenvalue weighted by Gasteiger charge is 2.16. The SMILES string of the molecule is CC(C)C1CCC(CCCCCCCCCCN)=NCN1. The molecule has 0 fully saturated rings. The highest BCUT2D eigenvalue weighted by atomic mass is 15.0. The summed E-state index contributed by atoms with van der Waals surface area (Å²) >= 11 is 0. The van der Waals surface area contributed by atoms with Crippen molar-refractivity contribution in [2.75, 3.05) is 13.2 Å². The van der Waals surface area contributed by atoms with E-state index in [1.807, 2.05) is 0 Å². The molecular formula is C18H37N3. The molecule has 0 saturated heterocycles. The van der Waals surface area contributed by atoms with Gasteiger partial charge in [-0.05, 0) is 44.6 Å². The van der Waals surface area contributed by atoms with E-state index in [-0.39, 0.29) is 0 Å². The topological polar surface area (TPSA) is 50.4 Å². The van der Waals surface area contributed by atoms with Crippen molar-refractivity contribution < 1.29 is 0 Å². The second-order valence-corrected chi connectivity index (χ2v) is 6.84. The van der Waals surface area contributed by atoms with Gasteiger partial charge in [-0.3, -0.25) is 10.3 Å². The first-order chi connectivity index (χ1) is 10.2. The predicted octanol–water partition coefficient (Wildman–Crippen LogP) is 4.26. The molecule has 0 radical (unpaired) electrons. The van der Waals surface area contributed by atoms with Crippen LogP contribution in [0.1, 0.15) is 84.5 Å². The van der Waals surface area contributed by atoms with Crippen molar-refractivity contribution in [1.82, 2.24) is 5.32 Å². The highest BCUT2D eigenvalue weighted by Crippen LogP contribution is 2.15. The van der Waals surface area contributed by atoms with Gasteiger partial charge in [-0.15, -0.1) is 0 Å². The van der Waals surface area contributed by atoms with E-state index in [0.29, 0.717) is 6.04 Å². The molecule has 0 aromatic rings. The van der Waals surface area contributed by atoms with Gasteiger partial charge in [-0.25, -0.2) is 0 Å². The Balaban J connectivity index is 1.97. The van der Waals surface area contributed by atoms with Crippen LogP contribution >= 0.6 is 0 Å². The van der Waals surface area contributed by atoms with Gasteiger partial charge in [0.1, 0.15) is 0 Å². The van der Waals surface area contributed by atoms with Gasteiger partial charge in [0.25, 0.3) is 0 Å². The lowest BCUT2D eigenvalue weighted by Gasteiger charge is -2.18. The Hall–Kier alpha value is -0.410. The molecule has 0 spiro atoms. The zero-order chi connectivity index (χ0) is 15.3. The summed E-state index contributed by atoms with van der Waals surface area (Å²) in [4.78, 5) is 4.72. The van der Waals surface area contributed by atoms with Crippen molar-refractivity contribution in [2.24, 2.45) is 16.6 Å². The third-order valence-electron chi connectivity index (χ3n) is 4.62. The Morgan fingerprint density at radius 1 is 1.05 bits per heavy atom. The molecule has 0 aromatic heterocycles. The fourth-order valence-electron chi connectivity index (χ4n) is 3.09. The Labute approximate surface area is 132 Å². The first kappa shape index (κ1) is 18.6. The van der Waals surface area contributed by atoms with Crippen LogP contribution in [0.3, 0.4) is 0 Å². The maximum atomic E-state index is 5.50. The van der Waals surface area contributed by atoms with E-state index < -0.39 is 0 Å². The molecule has 1 aliphatic heterocycles. The number of nitrogens with zero attached hydrogens (tertiary/aromatic N) is 1. The lowest BCUT2D eigenvalue weighted by Crippen LogP contribution is -2.32. The molecule has 0 amide bonds. The fourth-order valence-corrected chi connectivity index (χ4v) is 3.09. The fraction of sp³-hybridized carbons (Fsp3) is 0.944. The summed E-state index contributed by atoms with van der Waals surface area (Å²) in [6.07, 6.45) is 14.4. The van der Waals surface area contributed by atoms with Crippen molar-refractivity contribution in [3.8, 4) is 0 Å². The van der Waals surface area contributed by atoms with Crippen LogP contribution in [0.2, 0.25) is 0 Å². The van der Waals surface area contributed by atoms with E-state index in [1.54, 1.807) is 0 Å². The van der Waals surface area contributed by atoms with Crippen molar-refractivity contribution >= 4 is 5.71 Å². The van der Waals surface area contributed by atoms with Gasteiger partial charge >= 0.3 is 0 Å². The summed E-state index contributed by atoms with van der Waals surface area (Å²) in [7, 11) is 0. The van der Waals surface area contributed by atoms with Gasteiger partial charge in [0.05, 0.1) is 6.67 Å². The second-order valence-electron chi connectivity index (χ2n) is 6.84. The van der Waals surface area contributed by atoms with Crippen LogP contribution in [0.5, 0.6) is 0 Å². The number of unbranched alkanes of at least 4 members (excludes halogenated alkanes) is 7. The number of nitrogens with one attached hydrogen (secondary N) is 1. The van der Waals surface area contributed by atoms with Gasteiger partial charge in [-0.1, -0.05) is 52.4 Å². The molecule has 1 rings (SSSR count). The van der Waals surface area contributed by atoms with Crippen LogP contribution < -0.4 is 11.1 Å². The zero-order valence-corrected chi connectivity index (χ0v) is 14.4. The smallest absolute Gasteiger partial charge is 0.0885 e. The monoisotopic (exact) mass is 295 g/mol. The minimum absolute atomic E-state index is 0.653. The third kappa shape index (κ3) is 9.26. The molecule has 3 heteroatoms. The maximum absolute atomic E-state index is 5.50. The number of hydrogen-bond acceptors (Lipinski definition) is 3. The van der Waals surface area contributed by atoms with Crippen LogP contribution in [-0.2, 0) is 0 Å². The summed E-state index contributed by atoms with van der Waals surface area (Å²) in [5, 5.41) is 3.55. The van der Waals surface area contributed by atoms with Crippen molar-refractivity contribution in [3.63, 3.8) is 0 Å². The molecule has 3 N–H and O–H groups in total. The number of aliphatic imine (C=N–C) groups is 1. The molecule has 1 aliphatic rings. The van der Waals surface area contributed by atoms with Gasteiger partial charge < -0.3 is 5.73 Å². The van der Waals surface area contributed by atoms with Gasteiger partial charge in [0, 0.05) is 11.8 Å². The summed E-state index contributed by atoms with van der Waals surface area (Å²) in [6.45, 7) is 6.29. The maximum Gasteiger partial charge on any atom is 0.0885 e. The van der Waals surface area contributed by atoms with E-state index in [9.17, 15) is 0 Å². The second kappa shape index (κ2) is 12.2. The quantitative estimate of drug-likeness (QED) is 0.559. The van der Waals surface area contributed by atoms with Crippen LogP contribution in [-0.4, -0.2) is 25.0 Å². The van der Waals surface area contributed by atoms with E-state index >= 15 is 0 Å². The van der Waals surface area contributed by atoms with E-state index in [1.165, 1.54) is 76.3 Å². The van der Waals surface area contributed by atoms with Crippen molar-refractivity contribution in [3.05, 3.63) is 0 Å². The van der Waals surface area contributed by atoms with Crippen LogP contribution in [0, 0.1) is 5.92 Å². The molecule has 1 heterocycles. The third-order valence-corrected chi connectivity index (χ3v) is 4.62. The Morgan fingerprint density at radius 3 is 2.29 bits per heavy atom. The molecule has 124 valence electrons. The van der Waals surface area contributed by atoms with Crippen LogP contribution in [0.25, 0.3) is 0 Å². The zero-order valence-electron chi connectivity index (χ0n) is 14.4. The molecule has 0 aliphatic carbocycles. The lowest BCUT2D eigenvalue weighted by atomic mass is 9.97. The summed E-state index contributed by atoms with van der Waals surface area (Å²) in [6, 6.07) is 0.653. The number of nitrogens with two attached hydrogens (primary N) is 1. The molecule has 1 unspecified atom stereocenters. The largest absolute Gasteiger partial charge is 0.330 e. The minimum atomic E-state index is 0.653. The first-order valence-corrected chi connectivity index (χ1v) is 9.19. The Bertz CT molecular complexity index is 274. The first-order valence-electron chi connectivity index (χ1n) is 9.19. The van der Waals surface area contributed by atoms with Gasteiger partial charge in [0.15, 0.2) is 0 Å². The Kier molecular flexibility index (Phi) is 10.8. The average Bonchev–Trinajstić information content (AvgIpc) is 2.71. The van der Waals surface area contributed by atoms with Crippen LogP contribution in [0.15, 0.2) is 4.99 Å². The molecule has 0 saturated carbocycles. The van der Waals surface area contributed by atoms with Crippen molar-refractivity contribution in [1.29, 1.82) is 0 Å². The standard InChI is InChI=1S/C18H37N3/c1-16(2)18-13-12-17(20-15-21-18)11-9-7-5-3-4-6-8-10-14-19/h16,18,21H,3-15,19H2,1-2H3. The minimum Gasteiger partial charge on any atom is -0.330 e. The van der Waals surface area contributed by atoms with Crippen molar-refractivity contribution in [2.45, 2.75) is 90.5 Å².